The third kappa shape index (κ3) is 4.04. The molecule has 1 unspecified atom stereocenters. The van der Waals surface area contributed by atoms with Crippen LogP contribution >= 0.6 is 0 Å². The lowest BCUT2D eigenvalue weighted by Gasteiger charge is -2.36. The number of piperidine rings is 1. The van der Waals surface area contributed by atoms with E-state index in [1.54, 1.807) is 0 Å². The van der Waals surface area contributed by atoms with Gasteiger partial charge in [0, 0.05) is 6.54 Å². The van der Waals surface area contributed by atoms with Crippen LogP contribution in [0.25, 0.3) is 0 Å². The van der Waals surface area contributed by atoms with E-state index in [9.17, 15) is 10.1 Å². The molecule has 1 saturated heterocycles. The van der Waals surface area contributed by atoms with Gasteiger partial charge in [-0.15, -0.1) is 0 Å². The third-order valence-corrected chi connectivity index (χ3v) is 5.58. The van der Waals surface area contributed by atoms with E-state index in [2.05, 4.69) is 11.0 Å². The lowest BCUT2D eigenvalue weighted by atomic mass is 9.73. The molecule has 2 aromatic carbocycles. The van der Waals surface area contributed by atoms with Gasteiger partial charge in [-0.1, -0.05) is 67.1 Å². The van der Waals surface area contributed by atoms with Gasteiger partial charge in [-0.3, -0.25) is 9.69 Å². The van der Waals surface area contributed by atoms with Gasteiger partial charge in [0.25, 0.3) is 0 Å². The summed E-state index contributed by atoms with van der Waals surface area (Å²) in [5, 5.41) is 10.3. The summed E-state index contributed by atoms with van der Waals surface area (Å²) >= 11 is 0. The second-order valence-corrected chi connectivity index (χ2v) is 7.07. The van der Waals surface area contributed by atoms with Crippen molar-refractivity contribution in [2.45, 2.75) is 37.1 Å². The van der Waals surface area contributed by atoms with Gasteiger partial charge in [0.05, 0.1) is 13.2 Å². The highest BCUT2D eigenvalue weighted by Gasteiger charge is 2.37. The van der Waals surface area contributed by atoms with Gasteiger partial charge in [-0.05, 0) is 36.9 Å². The van der Waals surface area contributed by atoms with E-state index < -0.39 is 5.41 Å². The maximum Gasteiger partial charge on any atom is 0.323 e. The van der Waals surface area contributed by atoms with Crippen LogP contribution in [0, 0.1) is 11.3 Å². The summed E-state index contributed by atoms with van der Waals surface area (Å²) in [6.07, 6.45) is 3.56. The number of rotatable bonds is 6. The Balaban J connectivity index is 1.90. The maximum atomic E-state index is 12.2. The van der Waals surface area contributed by atoms with Crippen molar-refractivity contribution >= 4 is 5.97 Å². The monoisotopic (exact) mass is 362 g/mol. The fourth-order valence-corrected chi connectivity index (χ4v) is 4.06. The highest BCUT2D eigenvalue weighted by atomic mass is 16.5. The number of benzene rings is 2. The molecule has 1 heterocycles. The van der Waals surface area contributed by atoms with E-state index in [0.29, 0.717) is 13.0 Å². The zero-order valence-corrected chi connectivity index (χ0v) is 15.8. The smallest absolute Gasteiger partial charge is 0.323 e. The predicted molar refractivity (Wildman–Crippen MR) is 105 cm³/mol. The van der Waals surface area contributed by atoms with E-state index in [-0.39, 0.29) is 12.0 Å². The second kappa shape index (κ2) is 8.83. The number of hydrogen-bond donors (Lipinski definition) is 0. The van der Waals surface area contributed by atoms with Crippen LogP contribution in [0.1, 0.15) is 36.8 Å². The highest BCUT2D eigenvalue weighted by Crippen LogP contribution is 2.36. The van der Waals surface area contributed by atoms with E-state index in [1.165, 1.54) is 7.11 Å². The molecule has 4 heteroatoms. The van der Waals surface area contributed by atoms with Crippen molar-refractivity contribution in [1.82, 2.24) is 4.90 Å². The number of nitrogens with zero attached hydrogens (tertiary/aromatic N) is 2. The molecule has 140 valence electrons. The van der Waals surface area contributed by atoms with Gasteiger partial charge in [0.15, 0.2) is 0 Å². The van der Waals surface area contributed by atoms with Crippen LogP contribution < -0.4 is 0 Å². The first-order valence-electron chi connectivity index (χ1n) is 9.55. The summed E-state index contributed by atoms with van der Waals surface area (Å²) < 4.78 is 5.00. The molecule has 4 nitrogen and oxygen atoms in total. The van der Waals surface area contributed by atoms with E-state index in [0.717, 1.165) is 36.9 Å². The van der Waals surface area contributed by atoms with Crippen molar-refractivity contribution in [3.63, 3.8) is 0 Å². The summed E-state index contributed by atoms with van der Waals surface area (Å²) in [6, 6.07) is 22.3. The molecule has 0 saturated carbocycles. The summed E-state index contributed by atoms with van der Waals surface area (Å²) in [5.41, 5.74) is 1.25. The number of likely N-dealkylation sites (tertiary alicyclic amines) is 1. The Bertz CT molecular complexity index is 744. The standard InChI is InChI=1S/C23H26N2O2/c1-27-22(26)21-14-8-9-16-25(21)17-15-23(18-24,19-10-4-2-5-11-19)20-12-6-3-7-13-20/h2-7,10-13,21H,8-9,14-17H2,1H3. The first-order valence-corrected chi connectivity index (χ1v) is 9.55. The summed E-state index contributed by atoms with van der Waals surface area (Å²) in [4.78, 5) is 14.4. The molecule has 0 amide bonds. The van der Waals surface area contributed by atoms with E-state index >= 15 is 0 Å². The predicted octanol–water partition coefficient (Wildman–Crippen LogP) is 3.91. The van der Waals surface area contributed by atoms with Crippen molar-refractivity contribution in [1.29, 1.82) is 5.26 Å². The Kier molecular flexibility index (Phi) is 6.26. The Hall–Kier alpha value is -2.64. The Morgan fingerprint density at radius 2 is 1.70 bits per heavy atom. The van der Waals surface area contributed by atoms with Gasteiger partial charge in [0.2, 0.25) is 0 Å². The van der Waals surface area contributed by atoms with Crippen LogP contribution in [-0.4, -0.2) is 37.1 Å². The molecule has 2 aromatic rings. The fraction of sp³-hybridized carbons (Fsp3) is 0.391. The van der Waals surface area contributed by atoms with Gasteiger partial charge in [-0.2, -0.15) is 5.26 Å². The average Bonchev–Trinajstić information content (AvgIpc) is 2.76. The number of esters is 1. The first-order chi connectivity index (χ1) is 13.2. The molecule has 0 spiro atoms. The van der Waals surface area contributed by atoms with Crippen molar-refractivity contribution in [2.24, 2.45) is 0 Å². The van der Waals surface area contributed by atoms with Gasteiger partial charge in [-0.25, -0.2) is 0 Å². The van der Waals surface area contributed by atoms with E-state index in [1.807, 2.05) is 60.7 Å². The molecule has 27 heavy (non-hydrogen) atoms. The van der Waals surface area contributed by atoms with E-state index in [4.69, 9.17) is 4.74 Å². The molecule has 1 atom stereocenters. The highest BCUT2D eigenvalue weighted by molar-refractivity contribution is 5.75. The summed E-state index contributed by atoms with van der Waals surface area (Å²) in [7, 11) is 1.45. The lowest BCUT2D eigenvalue weighted by molar-refractivity contribution is -0.148. The molecule has 3 rings (SSSR count). The van der Waals surface area contributed by atoms with Gasteiger partial charge in [0.1, 0.15) is 11.5 Å². The topological polar surface area (TPSA) is 53.3 Å². The minimum absolute atomic E-state index is 0.170. The van der Waals surface area contributed by atoms with Gasteiger partial charge >= 0.3 is 5.97 Å². The Morgan fingerprint density at radius 1 is 1.11 bits per heavy atom. The van der Waals surface area contributed by atoms with Crippen LogP contribution in [0.5, 0.6) is 0 Å². The summed E-state index contributed by atoms with van der Waals surface area (Å²) in [6.45, 7) is 1.54. The Labute approximate surface area is 161 Å². The number of nitriles is 1. The number of hydrogen-bond acceptors (Lipinski definition) is 4. The molecule has 1 aliphatic rings. The molecule has 0 N–H and O–H groups in total. The average molecular weight is 362 g/mol. The number of methoxy groups -OCH3 is 1. The minimum atomic E-state index is -0.735. The van der Waals surface area contributed by atoms with Crippen LogP contribution in [0.4, 0.5) is 0 Å². The first kappa shape index (κ1) is 19.1. The largest absolute Gasteiger partial charge is 0.468 e. The van der Waals surface area contributed by atoms with Crippen LogP contribution in [0.2, 0.25) is 0 Å². The number of ether oxygens (including phenoxy) is 1. The SMILES string of the molecule is COC(=O)C1CCCCN1CCC(C#N)(c1ccccc1)c1ccccc1. The molecule has 0 radical (unpaired) electrons. The fourth-order valence-electron chi connectivity index (χ4n) is 4.06. The zero-order chi connectivity index (χ0) is 19.1. The number of carbonyl (C=O) groups excluding carboxylic acids is 1. The van der Waals surface area contributed by atoms with Crippen LogP contribution in [-0.2, 0) is 14.9 Å². The molecular weight excluding hydrogens is 336 g/mol. The van der Waals surface area contributed by atoms with Crippen LogP contribution in [0.3, 0.4) is 0 Å². The molecule has 0 bridgehead atoms. The number of carbonyl (C=O) groups is 1. The van der Waals surface area contributed by atoms with Crippen molar-refractivity contribution in [3.05, 3.63) is 71.8 Å². The maximum absolute atomic E-state index is 12.2. The molecule has 0 aliphatic carbocycles. The molecule has 1 aliphatic heterocycles. The minimum Gasteiger partial charge on any atom is -0.468 e. The van der Waals surface area contributed by atoms with Crippen molar-refractivity contribution < 1.29 is 9.53 Å². The van der Waals surface area contributed by atoms with Gasteiger partial charge < -0.3 is 4.74 Å². The molecule has 1 fully saturated rings. The van der Waals surface area contributed by atoms with Crippen molar-refractivity contribution in [3.8, 4) is 6.07 Å². The second-order valence-electron chi connectivity index (χ2n) is 7.07. The molecule has 0 aromatic heterocycles. The lowest BCUT2D eigenvalue weighted by Crippen LogP contribution is -2.47. The molecular formula is C23H26N2O2. The quantitative estimate of drug-likeness (QED) is 0.731. The van der Waals surface area contributed by atoms with Crippen molar-refractivity contribution in [2.75, 3.05) is 20.2 Å². The third-order valence-electron chi connectivity index (χ3n) is 5.58. The zero-order valence-electron chi connectivity index (χ0n) is 15.8. The summed E-state index contributed by atoms with van der Waals surface area (Å²) in [5.74, 6) is -0.170. The normalized spacial score (nSPS) is 17.9. The van der Waals surface area contributed by atoms with Crippen LogP contribution in [0.15, 0.2) is 60.7 Å². The Morgan fingerprint density at radius 3 is 2.22 bits per heavy atom.